The van der Waals surface area contributed by atoms with Gasteiger partial charge in [0.05, 0.1) is 18.8 Å². The van der Waals surface area contributed by atoms with Gasteiger partial charge < -0.3 is 9.47 Å². The first-order valence-electron chi connectivity index (χ1n) is 5.21. The van der Waals surface area contributed by atoms with Crippen LogP contribution >= 0.6 is 0 Å². The van der Waals surface area contributed by atoms with E-state index >= 15 is 0 Å². The summed E-state index contributed by atoms with van der Waals surface area (Å²) in [4.78, 5) is 11.6. The highest BCUT2D eigenvalue weighted by molar-refractivity contribution is 5.76. The SMILES string of the molecule is CCOC(=O)C(C#N)C(C)(C)C1CCO1. The van der Waals surface area contributed by atoms with E-state index < -0.39 is 17.3 Å². The molecule has 0 N–H and O–H groups in total. The normalized spacial score (nSPS) is 22.4. The lowest BCUT2D eigenvalue weighted by Gasteiger charge is -2.41. The molecule has 0 aromatic rings. The van der Waals surface area contributed by atoms with Gasteiger partial charge in [-0.15, -0.1) is 0 Å². The molecule has 1 aliphatic heterocycles. The molecule has 0 saturated carbocycles. The second kappa shape index (κ2) is 4.63. The Labute approximate surface area is 90.2 Å². The second-order valence-corrected chi connectivity index (χ2v) is 4.28. The number of hydrogen-bond acceptors (Lipinski definition) is 4. The molecule has 1 saturated heterocycles. The van der Waals surface area contributed by atoms with Gasteiger partial charge in [-0.3, -0.25) is 4.79 Å². The summed E-state index contributed by atoms with van der Waals surface area (Å²) in [6.07, 6.45) is 0.900. The lowest BCUT2D eigenvalue weighted by molar-refractivity contribution is -0.164. The zero-order valence-electron chi connectivity index (χ0n) is 9.45. The molecule has 0 amide bonds. The first kappa shape index (κ1) is 12.0. The van der Waals surface area contributed by atoms with E-state index in [9.17, 15) is 4.79 Å². The quantitative estimate of drug-likeness (QED) is 0.661. The van der Waals surface area contributed by atoms with Gasteiger partial charge in [0.1, 0.15) is 0 Å². The van der Waals surface area contributed by atoms with E-state index in [4.69, 9.17) is 14.7 Å². The molecular weight excluding hydrogens is 194 g/mol. The molecule has 0 radical (unpaired) electrons. The van der Waals surface area contributed by atoms with Crippen molar-refractivity contribution in [2.24, 2.45) is 11.3 Å². The summed E-state index contributed by atoms with van der Waals surface area (Å²) in [5, 5.41) is 9.02. The Morgan fingerprint density at radius 2 is 2.33 bits per heavy atom. The highest BCUT2D eigenvalue weighted by Crippen LogP contribution is 2.38. The van der Waals surface area contributed by atoms with Gasteiger partial charge in [0.2, 0.25) is 0 Å². The van der Waals surface area contributed by atoms with Crippen molar-refractivity contribution in [3.8, 4) is 6.07 Å². The number of carbonyl (C=O) groups is 1. The standard InChI is InChI=1S/C11H17NO3/c1-4-14-10(13)8(7-12)11(2,3)9-5-6-15-9/h8-9H,4-6H2,1-3H3. The van der Waals surface area contributed by atoms with E-state index in [1.54, 1.807) is 6.92 Å². The molecule has 4 nitrogen and oxygen atoms in total. The second-order valence-electron chi connectivity index (χ2n) is 4.28. The lowest BCUT2D eigenvalue weighted by Crippen LogP contribution is -2.47. The fourth-order valence-corrected chi connectivity index (χ4v) is 1.76. The van der Waals surface area contributed by atoms with Crippen molar-refractivity contribution in [1.29, 1.82) is 5.26 Å². The fraction of sp³-hybridized carbons (Fsp3) is 0.818. The van der Waals surface area contributed by atoms with Crippen molar-refractivity contribution < 1.29 is 14.3 Å². The minimum absolute atomic E-state index is 0.00782. The van der Waals surface area contributed by atoms with Crippen LogP contribution in [0.4, 0.5) is 0 Å². The smallest absolute Gasteiger partial charge is 0.323 e. The van der Waals surface area contributed by atoms with Crippen LogP contribution in [0.3, 0.4) is 0 Å². The molecule has 15 heavy (non-hydrogen) atoms. The van der Waals surface area contributed by atoms with Gasteiger partial charge in [-0.25, -0.2) is 0 Å². The van der Waals surface area contributed by atoms with Crippen LogP contribution in [-0.2, 0) is 14.3 Å². The van der Waals surface area contributed by atoms with Crippen molar-refractivity contribution in [3.63, 3.8) is 0 Å². The first-order chi connectivity index (χ1) is 7.04. The molecule has 1 fully saturated rings. The van der Waals surface area contributed by atoms with Crippen LogP contribution in [0.25, 0.3) is 0 Å². The van der Waals surface area contributed by atoms with Gasteiger partial charge in [0.25, 0.3) is 0 Å². The summed E-state index contributed by atoms with van der Waals surface area (Å²) in [5.41, 5.74) is -0.473. The Morgan fingerprint density at radius 1 is 1.73 bits per heavy atom. The highest BCUT2D eigenvalue weighted by atomic mass is 16.5. The molecule has 1 aliphatic rings. The largest absolute Gasteiger partial charge is 0.465 e. The van der Waals surface area contributed by atoms with Crippen molar-refractivity contribution in [3.05, 3.63) is 0 Å². The van der Waals surface area contributed by atoms with Crippen LogP contribution in [0.1, 0.15) is 27.2 Å². The lowest BCUT2D eigenvalue weighted by atomic mass is 9.72. The molecule has 84 valence electrons. The summed E-state index contributed by atoms with van der Waals surface area (Å²) >= 11 is 0. The van der Waals surface area contributed by atoms with E-state index in [0.717, 1.165) is 13.0 Å². The number of ether oxygens (including phenoxy) is 2. The number of rotatable bonds is 4. The summed E-state index contributed by atoms with van der Waals surface area (Å²) < 4.78 is 10.2. The Balaban J connectivity index is 2.72. The fourth-order valence-electron chi connectivity index (χ4n) is 1.76. The van der Waals surface area contributed by atoms with Crippen molar-refractivity contribution in [2.45, 2.75) is 33.3 Å². The molecule has 1 heterocycles. The van der Waals surface area contributed by atoms with E-state index in [1.165, 1.54) is 0 Å². The maximum absolute atomic E-state index is 11.6. The number of nitriles is 1. The van der Waals surface area contributed by atoms with Crippen molar-refractivity contribution >= 4 is 5.97 Å². The van der Waals surface area contributed by atoms with Crippen LogP contribution in [0.2, 0.25) is 0 Å². The van der Waals surface area contributed by atoms with E-state index in [2.05, 4.69) is 0 Å². The molecular formula is C11H17NO3. The van der Waals surface area contributed by atoms with Crippen LogP contribution in [0.5, 0.6) is 0 Å². The van der Waals surface area contributed by atoms with E-state index in [0.29, 0.717) is 6.61 Å². The van der Waals surface area contributed by atoms with Gasteiger partial charge in [0.15, 0.2) is 5.92 Å². The van der Waals surface area contributed by atoms with Crippen molar-refractivity contribution in [1.82, 2.24) is 0 Å². The Morgan fingerprint density at radius 3 is 2.67 bits per heavy atom. The van der Waals surface area contributed by atoms with E-state index in [1.807, 2.05) is 19.9 Å². The first-order valence-corrected chi connectivity index (χ1v) is 5.21. The van der Waals surface area contributed by atoms with Gasteiger partial charge in [-0.2, -0.15) is 5.26 Å². The third-order valence-electron chi connectivity index (χ3n) is 2.92. The summed E-state index contributed by atoms with van der Waals surface area (Å²) in [6.45, 7) is 6.51. The maximum Gasteiger partial charge on any atom is 0.323 e. The zero-order chi connectivity index (χ0) is 11.5. The third kappa shape index (κ3) is 2.29. The summed E-state index contributed by atoms with van der Waals surface area (Å²) in [5.74, 6) is -1.19. The van der Waals surface area contributed by atoms with Crippen LogP contribution in [0.15, 0.2) is 0 Å². The third-order valence-corrected chi connectivity index (χ3v) is 2.92. The number of nitrogens with zero attached hydrogens (tertiary/aromatic N) is 1. The maximum atomic E-state index is 11.6. The average Bonchev–Trinajstić information content (AvgIpc) is 2.00. The minimum atomic E-state index is -0.747. The number of carbonyl (C=O) groups excluding carboxylic acids is 1. The van der Waals surface area contributed by atoms with E-state index in [-0.39, 0.29) is 6.10 Å². The van der Waals surface area contributed by atoms with Gasteiger partial charge in [-0.05, 0) is 13.3 Å². The predicted molar refractivity (Wildman–Crippen MR) is 53.9 cm³/mol. The Hall–Kier alpha value is -1.08. The predicted octanol–water partition coefficient (Wildman–Crippen LogP) is 1.50. The number of hydrogen-bond donors (Lipinski definition) is 0. The van der Waals surface area contributed by atoms with Crippen LogP contribution in [-0.4, -0.2) is 25.3 Å². The Bertz CT molecular complexity index is 276. The molecule has 0 aromatic carbocycles. The number of esters is 1. The Kier molecular flexibility index (Phi) is 3.70. The molecule has 0 spiro atoms. The monoisotopic (exact) mass is 211 g/mol. The molecule has 1 rings (SSSR count). The zero-order valence-corrected chi connectivity index (χ0v) is 9.45. The minimum Gasteiger partial charge on any atom is -0.465 e. The van der Waals surface area contributed by atoms with Crippen molar-refractivity contribution in [2.75, 3.05) is 13.2 Å². The molecule has 2 atom stereocenters. The molecule has 0 aliphatic carbocycles. The van der Waals surface area contributed by atoms with Gasteiger partial charge in [-0.1, -0.05) is 13.8 Å². The summed E-state index contributed by atoms with van der Waals surface area (Å²) in [6, 6.07) is 2.02. The van der Waals surface area contributed by atoms with Gasteiger partial charge in [0, 0.05) is 12.0 Å². The highest BCUT2D eigenvalue weighted by Gasteiger charge is 2.45. The van der Waals surface area contributed by atoms with Crippen LogP contribution < -0.4 is 0 Å². The topological polar surface area (TPSA) is 59.3 Å². The van der Waals surface area contributed by atoms with Gasteiger partial charge >= 0.3 is 5.97 Å². The molecule has 0 bridgehead atoms. The summed E-state index contributed by atoms with van der Waals surface area (Å²) in [7, 11) is 0. The average molecular weight is 211 g/mol. The molecule has 4 heteroatoms. The van der Waals surface area contributed by atoms with Crippen LogP contribution in [0, 0.1) is 22.7 Å². The molecule has 2 unspecified atom stereocenters. The molecule has 0 aromatic heterocycles.